The second kappa shape index (κ2) is 5.33. The molecule has 5 N–H and O–H groups in total. The summed E-state index contributed by atoms with van der Waals surface area (Å²) in [4.78, 5) is 11.6. The van der Waals surface area contributed by atoms with Gasteiger partial charge in [-0.05, 0) is 12.1 Å². The Hall–Kier alpha value is -1.59. The van der Waals surface area contributed by atoms with Gasteiger partial charge >= 0.3 is 0 Å². The molecule has 0 radical (unpaired) electrons. The fourth-order valence-corrected chi connectivity index (χ4v) is 1.12. The molecule has 15 heavy (non-hydrogen) atoms. The zero-order chi connectivity index (χ0) is 11.3. The Bertz CT molecular complexity index is 337. The lowest BCUT2D eigenvalue weighted by molar-refractivity contribution is 0.0880. The van der Waals surface area contributed by atoms with Crippen LogP contribution in [0.25, 0.3) is 0 Å². The van der Waals surface area contributed by atoms with Crippen LogP contribution >= 0.6 is 0 Å². The van der Waals surface area contributed by atoms with Gasteiger partial charge in [0.25, 0.3) is 5.91 Å². The molecule has 0 aliphatic rings. The molecule has 0 heterocycles. The number of para-hydroxylation sites is 1. The first kappa shape index (κ1) is 11.5. The summed E-state index contributed by atoms with van der Waals surface area (Å²) in [5.74, 6) is -0.402. The Morgan fingerprint density at radius 2 is 1.93 bits per heavy atom. The molecule has 1 amide bonds. The predicted molar refractivity (Wildman–Crippen MR) is 56.3 cm³/mol. The third kappa shape index (κ3) is 2.93. The summed E-state index contributed by atoms with van der Waals surface area (Å²) in [6, 6.07) is 5.95. The zero-order valence-electron chi connectivity index (χ0n) is 8.18. The minimum Gasteiger partial charge on any atom is -0.398 e. The van der Waals surface area contributed by atoms with E-state index >= 15 is 0 Å². The van der Waals surface area contributed by atoms with E-state index in [0.717, 1.165) is 0 Å². The van der Waals surface area contributed by atoms with E-state index in [1.165, 1.54) is 0 Å². The van der Waals surface area contributed by atoms with E-state index < -0.39 is 11.9 Å². The fourth-order valence-electron chi connectivity index (χ4n) is 1.12. The monoisotopic (exact) mass is 210 g/mol. The van der Waals surface area contributed by atoms with Gasteiger partial charge in [-0.25, -0.2) is 0 Å². The molecule has 0 unspecified atom stereocenters. The Morgan fingerprint density at radius 1 is 1.33 bits per heavy atom. The Morgan fingerprint density at radius 3 is 2.47 bits per heavy atom. The van der Waals surface area contributed by atoms with Gasteiger partial charge < -0.3 is 21.3 Å². The van der Waals surface area contributed by atoms with E-state index in [9.17, 15) is 4.79 Å². The van der Waals surface area contributed by atoms with Crippen LogP contribution in [0.15, 0.2) is 24.3 Å². The van der Waals surface area contributed by atoms with Crippen molar-refractivity contribution in [2.45, 2.75) is 6.04 Å². The van der Waals surface area contributed by atoms with Gasteiger partial charge in [0, 0.05) is 5.69 Å². The Balaban J connectivity index is 2.73. The van der Waals surface area contributed by atoms with Gasteiger partial charge in [-0.2, -0.15) is 0 Å². The summed E-state index contributed by atoms with van der Waals surface area (Å²) in [6.45, 7) is -0.621. The van der Waals surface area contributed by atoms with Crippen molar-refractivity contribution < 1.29 is 15.0 Å². The first-order valence-corrected chi connectivity index (χ1v) is 4.56. The lowest BCUT2D eigenvalue weighted by Crippen LogP contribution is -2.40. The van der Waals surface area contributed by atoms with Crippen molar-refractivity contribution in [3.8, 4) is 0 Å². The number of hydrogen-bond donors (Lipinski definition) is 4. The number of hydrogen-bond acceptors (Lipinski definition) is 4. The maximum Gasteiger partial charge on any atom is 0.253 e. The van der Waals surface area contributed by atoms with E-state index in [4.69, 9.17) is 15.9 Å². The normalized spacial score (nSPS) is 10.3. The average Bonchev–Trinajstić information content (AvgIpc) is 2.26. The lowest BCUT2D eigenvalue weighted by Gasteiger charge is -2.13. The SMILES string of the molecule is Nc1ccccc1C(=O)NC(CO)CO. The van der Waals surface area contributed by atoms with Crippen molar-refractivity contribution in [3.05, 3.63) is 29.8 Å². The first-order chi connectivity index (χ1) is 7.19. The number of rotatable bonds is 4. The van der Waals surface area contributed by atoms with Crippen LogP contribution in [0.5, 0.6) is 0 Å². The van der Waals surface area contributed by atoms with E-state index in [0.29, 0.717) is 11.3 Å². The summed E-state index contributed by atoms with van der Waals surface area (Å²) in [5, 5.41) is 20.0. The van der Waals surface area contributed by atoms with Gasteiger partial charge in [0.15, 0.2) is 0 Å². The average molecular weight is 210 g/mol. The minimum absolute atomic E-state index is 0.311. The number of carbonyl (C=O) groups is 1. The van der Waals surface area contributed by atoms with Crippen LogP contribution in [0, 0.1) is 0 Å². The molecule has 82 valence electrons. The number of nitrogen functional groups attached to an aromatic ring is 1. The first-order valence-electron chi connectivity index (χ1n) is 4.56. The topological polar surface area (TPSA) is 95.6 Å². The van der Waals surface area contributed by atoms with E-state index in [1.807, 2.05) is 0 Å². The molecular formula is C10H14N2O3. The molecule has 0 spiro atoms. The van der Waals surface area contributed by atoms with Crippen molar-refractivity contribution in [2.75, 3.05) is 18.9 Å². The van der Waals surface area contributed by atoms with Crippen LogP contribution in [-0.2, 0) is 0 Å². The minimum atomic E-state index is -0.655. The zero-order valence-corrected chi connectivity index (χ0v) is 8.18. The van der Waals surface area contributed by atoms with Gasteiger partial charge in [-0.1, -0.05) is 12.1 Å². The highest BCUT2D eigenvalue weighted by atomic mass is 16.3. The highest BCUT2D eigenvalue weighted by Crippen LogP contribution is 2.09. The van der Waals surface area contributed by atoms with Crippen LogP contribution < -0.4 is 11.1 Å². The largest absolute Gasteiger partial charge is 0.398 e. The number of aliphatic hydroxyl groups excluding tert-OH is 2. The second-order valence-electron chi connectivity index (χ2n) is 3.12. The third-order valence-corrected chi connectivity index (χ3v) is 1.98. The Kier molecular flexibility index (Phi) is 4.08. The number of anilines is 1. The fraction of sp³-hybridized carbons (Fsp3) is 0.300. The second-order valence-corrected chi connectivity index (χ2v) is 3.12. The number of amides is 1. The maximum atomic E-state index is 11.6. The van der Waals surface area contributed by atoms with Crippen LogP contribution in [0.3, 0.4) is 0 Å². The maximum absolute atomic E-state index is 11.6. The molecule has 0 fully saturated rings. The summed E-state index contributed by atoms with van der Waals surface area (Å²) < 4.78 is 0. The highest BCUT2D eigenvalue weighted by Gasteiger charge is 2.13. The van der Waals surface area contributed by atoms with Crippen LogP contribution in [0.4, 0.5) is 5.69 Å². The van der Waals surface area contributed by atoms with Crippen LogP contribution in [0.1, 0.15) is 10.4 Å². The molecule has 0 aliphatic heterocycles. The number of benzene rings is 1. The number of aliphatic hydroxyl groups is 2. The molecule has 0 aliphatic carbocycles. The summed E-state index contributed by atoms with van der Waals surface area (Å²) in [6.07, 6.45) is 0. The molecule has 0 aromatic heterocycles. The smallest absolute Gasteiger partial charge is 0.253 e. The van der Waals surface area contributed by atoms with Crippen molar-refractivity contribution in [2.24, 2.45) is 0 Å². The molecule has 1 aromatic carbocycles. The standard InChI is InChI=1S/C10H14N2O3/c11-9-4-2-1-3-8(9)10(15)12-7(5-13)6-14/h1-4,7,13-14H,5-6,11H2,(H,12,15). The summed E-state index contributed by atoms with van der Waals surface area (Å²) in [7, 11) is 0. The molecule has 5 nitrogen and oxygen atoms in total. The summed E-state index contributed by atoms with van der Waals surface area (Å²) in [5.41, 5.74) is 6.30. The van der Waals surface area contributed by atoms with Crippen molar-refractivity contribution in [3.63, 3.8) is 0 Å². The molecule has 1 aromatic rings. The third-order valence-electron chi connectivity index (χ3n) is 1.98. The van der Waals surface area contributed by atoms with Gasteiger partial charge in [-0.15, -0.1) is 0 Å². The number of carbonyl (C=O) groups excluding carboxylic acids is 1. The van der Waals surface area contributed by atoms with Crippen LogP contribution in [0.2, 0.25) is 0 Å². The number of nitrogens with two attached hydrogens (primary N) is 1. The van der Waals surface area contributed by atoms with E-state index in [-0.39, 0.29) is 13.2 Å². The molecular weight excluding hydrogens is 196 g/mol. The lowest BCUT2D eigenvalue weighted by atomic mass is 10.1. The van der Waals surface area contributed by atoms with Crippen LogP contribution in [-0.4, -0.2) is 35.4 Å². The summed E-state index contributed by atoms with van der Waals surface area (Å²) >= 11 is 0. The van der Waals surface area contributed by atoms with Crippen molar-refractivity contribution in [1.29, 1.82) is 0 Å². The van der Waals surface area contributed by atoms with Gasteiger partial charge in [0.2, 0.25) is 0 Å². The van der Waals surface area contributed by atoms with Gasteiger partial charge in [0.1, 0.15) is 0 Å². The molecule has 5 heteroatoms. The predicted octanol–water partition coefficient (Wildman–Crippen LogP) is -0.648. The van der Waals surface area contributed by atoms with Gasteiger partial charge in [0.05, 0.1) is 24.8 Å². The highest BCUT2D eigenvalue weighted by molar-refractivity contribution is 5.99. The Labute approximate surface area is 87.5 Å². The molecule has 0 atom stereocenters. The van der Waals surface area contributed by atoms with E-state index in [2.05, 4.69) is 5.32 Å². The molecule has 0 saturated heterocycles. The van der Waals surface area contributed by atoms with Crippen molar-refractivity contribution in [1.82, 2.24) is 5.32 Å². The molecule has 1 rings (SSSR count). The molecule has 0 saturated carbocycles. The quantitative estimate of drug-likeness (QED) is 0.497. The van der Waals surface area contributed by atoms with Gasteiger partial charge in [-0.3, -0.25) is 4.79 Å². The molecule has 0 bridgehead atoms. The number of nitrogens with one attached hydrogen (secondary N) is 1. The van der Waals surface area contributed by atoms with E-state index in [1.54, 1.807) is 24.3 Å². The van der Waals surface area contributed by atoms with Crippen molar-refractivity contribution >= 4 is 11.6 Å².